The van der Waals surface area contributed by atoms with Crippen molar-refractivity contribution < 1.29 is 19.6 Å². The number of fused-ring (bicyclic) bond motifs is 3. The lowest BCUT2D eigenvalue weighted by molar-refractivity contribution is -0.658. The Bertz CT molecular complexity index is 701. The average molecular weight is 371 g/mol. The number of ether oxygens (including phenoxy) is 2. The van der Waals surface area contributed by atoms with E-state index in [-0.39, 0.29) is 23.6 Å². The minimum Gasteiger partial charge on any atom is -0.462 e. The van der Waals surface area contributed by atoms with Gasteiger partial charge in [-0.25, -0.2) is 0 Å². The van der Waals surface area contributed by atoms with Gasteiger partial charge in [0.1, 0.15) is 12.0 Å². The van der Waals surface area contributed by atoms with Gasteiger partial charge in [0.2, 0.25) is 0 Å². The minimum absolute atomic E-state index is 0.0500. The zero-order valence-electron chi connectivity index (χ0n) is 16.4. The Morgan fingerprint density at radius 1 is 1.22 bits per heavy atom. The topological polar surface area (TPSA) is 55.4 Å². The van der Waals surface area contributed by atoms with Gasteiger partial charge in [-0.3, -0.25) is 4.79 Å². The number of hydrogen-bond acceptors (Lipinski definition) is 3. The zero-order chi connectivity index (χ0) is 18.5. The van der Waals surface area contributed by atoms with E-state index in [2.05, 4.69) is 42.6 Å². The second kappa shape index (κ2) is 6.59. The summed E-state index contributed by atoms with van der Waals surface area (Å²) < 4.78 is 11.9. The van der Waals surface area contributed by atoms with Crippen molar-refractivity contribution >= 4 is 5.97 Å². The molecule has 27 heavy (non-hydrogen) atoms. The molecule has 0 radical (unpaired) electrons. The Morgan fingerprint density at radius 3 is 2.81 bits per heavy atom. The molecule has 2 heterocycles. The van der Waals surface area contributed by atoms with Crippen LogP contribution in [0.5, 0.6) is 0 Å². The van der Waals surface area contributed by atoms with Crippen LogP contribution in [0, 0.1) is 23.2 Å². The number of carbonyl (C=O) groups excluding carboxylic acids is 1. The molecule has 6 atom stereocenters. The van der Waals surface area contributed by atoms with Crippen molar-refractivity contribution in [1.29, 1.82) is 0 Å². The maximum Gasteiger partial charge on any atom is 0.315 e. The maximum absolute atomic E-state index is 12.6. The van der Waals surface area contributed by atoms with Gasteiger partial charge >= 0.3 is 5.97 Å². The molecule has 2 N–H and O–H groups in total. The van der Waals surface area contributed by atoms with Crippen LogP contribution in [-0.4, -0.2) is 37.4 Å². The third-order valence-corrected chi connectivity index (χ3v) is 7.98. The van der Waals surface area contributed by atoms with E-state index in [0.717, 1.165) is 39.0 Å². The summed E-state index contributed by atoms with van der Waals surface area (Å²) in [5, 5.41) is 2.32. The Kier molecular flexibility index (Phi) is 4.32. The third-order valence-electron chi connectivity index (χ3n) is 7.98. The summed E-state index contributed by atoms with van der Waals surface area (Å²) in [4.78, 5) is 12.6. The van der Waals surface area contributed by atoms with E-state index in [4.69, 9.17) is 9.47 Å². The van der Waals surface area contributed by atoms with Crippen LogP contribution in [0.2, 0.25) is 0 Å². The van der Waals surface area contributed by atoms with Crippen molar-refractivity contribution in [3.63, 3.8) is 0 Å². The maximum atomic E-state index is 12.6. The fraction of sp³-hybridized carbons (Fsp3) is 0.696. The van der Waals surface area contributed by atoms with Crippen molar-refractivity contribution in [3.05, 3.63) is 35.9 Å². The van der Waals surface area contributed by atoms with Crippen molar-refractivity contribution in [2.24, 2.45) is 23.2 Å². The molecule has 1 spiro atoms. The largest absolute Gasteiger partial charge is 0.462 e. The Balaban J connectivity index is 1.22. The number of carbonyl (C=O) groups is 1. The van der Waals surface area contributed by atoms with Gasteiger partial charge in [-0.1, -0.05) is 37.3 Å². The average Bonchev–Trinajstić information content (AvgIpc) is 3.36. The van der Waals surface area contributed by atoms with Gasteiger partial charge in [0, 0.05) is 12.3 Å². The van der Waals surface area contributed by atoms with Gasteiger partial charge in [0.05, 0.1) is 25.3 Å². The Morgan fingerprint density at radius 2 is 2.04 bits per heavy atom. The second-order valence-corrected chi connectivity index (χ2v) is 9.65. The minimum atomic E-state index is 0.0500. The van der Waals surface area contributed by atoms with Crippen LogP contribution in [0.3, 0.4) is 0 Å². The highest BCUT2D eigenvalue weighted by molar-refractivity contribution is 5.75. The Hall–Kier alpha value is -1.39. The monoisotopic (exact) mass is 370 g/mol. The summed E-state index contributed by atoms with van der Waals surface area (Å²) in [6.45, 7) is 5.25. The summed E-state index contributed by atoms with van der Waals surface area (Å²) in [7, 11) is 0. The molecule has 1 aromatic rings. The number of rotatable bonds is 5. The van der Waals surface area contributed by atoms with E-state index in [1.54, 1.807) is 0 Å². The summed E-state index contributed by atoms with van der Waals surface area (Å²) in [6, 6.07) is 10.6. The molecule has 4 heteroatoms. The molecule has 4 nitrogen and oxygen atoms in total. The van der Waals surface area contributed by atoms with Crippen molar-refractivity contribution in [1.82, 2.24) is 0 Å². The molecule has 2 saturated carbocycles. The highest BCUT2D eigenvalue weighted by atomic mass is 16.6. The zero-order valence-corrected chi connectivity index (χ0v) is 16.4. The van der Waals surface area contributed by atoms with E-state index in [1.807, 2.05) is 0 Å². The van der Waals surface area contributed by atoms with Crippen LogP contribution >= 0.6 is 0 Å². The number of nitrogens with two attached hydrogens (primary N) is 1. The van der Waals surface area contributed by atoms with Crippen molar-refractivity contribution in [2.75, 3.05) is 19.7 Å². The number of quaternary nitrogens is 1. The van der Waals surface area contributed by atoms with Crippen LogP contribution in [0.15, 0.2) is 30.3 Å². The first kappa shape index (κ1) is 17.7. The molecule has 1 aromatic carbocycles. The van der Waals surface area contributed by atoms with Gasteiger partial charge in [0.25, 0.3) is 0 Å². The van der Waals surface area contributed by atoms with Gasteiger partial charge in [0.15, 0.2) is 0 Å². The first-order valence-corrected chi connectivity index (χ1v) is 10.8. The molecule has 4 fully saturated rings. The van der Waals surface area contributed by atoms with Crippen LogP contribution in [0.1, 0.15) is 44.6 Å². The lowest BCUT2D eigenvalue weighted by Crippen LogP contribution is -2.86. The summed E-state index contributed by atoms with van der Waals surface area (Å²) in [6.07, 6.45) is 7.08. The standard InChI is InChI=1S/C23H31NO3/c1-22-9-5-10-23(15-26-23)20(22)12-17-18(21(25)27-19(17)13-22)14-24-11-8-16-6-3-2-4-7-16/h2-4,6-7,17-20,24H,5,8-15H2,1H3/p+1/t17-,18-,19-,20-,22-,23+/m1/s1. The summed E-state index contributed by atoms with van der Waals surface area (Å²) >= 11 is 0. The van der Waals surface area contributed by atoms with E-state index in [9.17, 15) is 4.79 Å². The third kappa shape index (κ3) is 3.11. The van der Waals surface area contributed by atoms with Gasteiger partial charge in [-0.05, 0) is 49.0 Å². The Labute approximate surface area is 162 Å². The lowest BCUT2D eigenvalue weighted by atomic mass is 9.53. The van der Waals surface area contributed by atoms with E-state index < -0.39 is 0 Å². The number of hydrogen-bond donors (Lipinski definition) is 1. The van der Waals surface area contributed by atoms with Gasteiger partial charge in [-0.15, -0.1) is 0 Å². The molecular weight excluding hydrogens is 338 g/mol. The molecule has 5 rings (SSSR count). The van der Waals surface area contributed by atoms with E-state index in [0.29, 0.717) is 17.3 Å². The van der Waals surface area contributed by atoms with E-state index >= 15 is 0 Å². The van der Waals surface area contributed by atoms with Gasteiger partial charge in [-0.2, -0.15) is 0 Å². The van der Waals surface area contributed by atoms with Crippen LogP contribution in [0.25, 0.3) is 0 Å². The molecule has 4 aliphatic rings. The molecule has 2 saturated heterocycles. The number of esters is 1. The molecule has 0 unspecified atom stereocenters. The fourth-order valence-electron chi connectivity index (χ4n) is 6.44. The van der Waals surface area contributed by atoms with Crippen LogP contribution < -0.4 is 5.32 Å². The smallest absolute Gasteiger partial charge is 0.315 e. The van der Waals surface area contributed by atoms with Gasteiger partial charge < -0.3 is 14.8 Å². The predicted molar refractivity (Wildman–Crippen MR) is 102 cm³/mol. The molecule has 2 aliphatic heterocycles. The summed E-state index contributed by atoms with van der Waals surface area (Å²) in [5.74, 6) is 1.12. The van der Waals surface area contributed by atoms with Crippen molar-refractivity contribution in [2.45, 2.75) is 57.2 Å². The first-order chi connectivity index (χ1) is 13.1. The molecule has 2 aliphatic carbocycles. The highest BCUT2D eigenvalue weighted by Gasteiger charge is 2.65. The number of epoxide rings is 1. The van der Waals surface area contributed by atoms with Crippen molar-refractivity contribution in [3.8, 4) is 0 Å². The first-order valence-electron chi connectivity index (χ1n) is 10.8. The lowest BCUT2D eigenvalue weighted by Gasteiger charge is -2.51. The summed E-state index contributed by atoms with van der Waals surface area (Å²) in [5.41, 5.74) is 1.80. The second-order valence-electron chi connectivity index (χ2n) is 9.65. The SMILES string of the molecule is C[C@]12CCC[C@]3(CO3)[C@@H]1C[C@H]1[C@@H](C2)OC(=O)[C@@H]1C[NH2+]CCc1ccccc1. The molecule has 0 aromatic heterocycles. The molecule has 0 amide bonds. The normalized spacial score (nSPS) is 42.5. The highest BCUT2D eigenvalue weighted by Crippen LogP contribution is 2.62. The quantitative estimate of drug-likeness (QED) is 0.492. The van der Waals surface area contributed by atoms with Crippen LogP contribution in [0.4, 0.5) is 0 Å². The molecular formula is C23H32NO3+. The molecule has 0 bridgehead atoms. The fourth-order valence-corrected chi connectivity index (χ4v) is 6.44. The predicted octanol–water partition coefficient (Wildman–Crippen LogP) is 2.32. The van der Waals surface area contributed by atoms with E-state index in [1.165, 1.54) is 24.8 Å². The van der Waals surface area contributed by atoms with Crippen LogP contribution in [-0.2, 0) is 20.7 Å². The molecule has 146 valence electrons. The number of benzene rings is 1.